The zero-order chi connectivity index (χ0) is 11.5. The van der Waals surface area contributed by atoms with Gasteiger partial charge < -0.3 is 4.74 Å². The lowest BCUT2D eigenvalue weighted by molar-refractivity contribution is 0.413. The van der Waals surface area contributed by atoms with Crippen LogP contribution in [0, 0.1) is 0 Å². The summed E-state index contributed by atoms with van der Waals surface area (Å²) in [5.41, 5.74) is 10.1. The lowest BCUT2D eigenvalue weighted by atomic mass is 10.3. The number of ether oxygens (including phenoxy) is 1. The second kappa shape index (κ2) is 4.87. The van der Waals surface area contributed by atoms with E-state index >= 15 is 0 Å². The van der Waals surface area contributed by atoms with Crippen LogP contribution in [0.5, 0.6) is 5.75 Å². The van der Waals surface area contributed by atoms with Gasteiger partial charge in [-0.2, -0.15) is 4.49 Å². The van der Waals surface area contributed by atoms with Gasteiger partial charge in [0.15, 0.2) is 0 Å². The molecule has 0 heterocycles. The van der Waals surface area contributed by atoms with Crippen LogP contribution in [0.2, 0.25) is 0 Å². The van der Waals surface area contributed by atoms with Crippen LogP contribution < -0.4 is 20.2 Å². The minimum atomic E-state index is -3.50. The van der Waals surface area contributed by atoms with Gasteiger partial charge in [0.25, 0.3) is 7.59 Å². The van der Waals surface area contributed by atoms with E-state index in [2.05, 4.69) is 4.49 Å². The third-order valence-electron chi connectivity index (χ3n) is 1.48. The standard InChI is InChI=1S/C7H12N3O3PS/c1-13-6-3-2-4-7(5-6)15(12)10-14(8,9)11/h2-5H,1H3,(H5,8,9,10,11). The largest absolute Gasteiger partial charge is 0.497 e. The molecule has 0 saturated heterocycles. The first-order chi connectivity index (χ1) is 6.92. The molecule has 0 radical (unpaired) electrons. The summed E-state index contributed by atoms with van der Waals surface area (Å²) in [6, 6.07) is 6.48. The summed E-state index contributed by atoms with van der Waals surface area (Å²) in [4.78, 5) is 0.394. The van der Waals surface area contributed by atoms with Crippen LogP contribution in [0.4, 0.5) is 0 Å². The fraction of sp³-hybridized carbons (Fsp3) is 0.143. The van der Waals surface area contributed by atoms with Crippen molar-refractivity contribution in [2.24, 2.45) is 11.0 Å². The molecule has 0 aromatic heterocycles. The maximum atomic E-state index is 11.5. The zero-order valence-electron chi connectivity index (χ0n) is 8.04. The topological polar surface area (TPSA) is 107 Å². The molecule has 1 aromatic rings. The van der Waals surface area contributed by atoms with Crippen molar-refractivity contribution in [3.05, 3.63) is 24.3 Å². The van der Waals surface area contributed by atoms with E-state index in [1.807, 2.05) is 0 Å². The van der Waals surface area contributed by atoms with E-state index in [1.165, 1.54) is 7.11 Å². The van der Waals surface area contributed by atoms with Crippen LogP contribution in [-0.4, -0.2) is 11.3 Å². The van der Waals surface area contributed by atoms with E-state index in [1.54, 1.807) is 24.3 Å². The average Bonchev–Trinajstić information content (AvgIpc) is 2.15. The van der Waals surface area contributed by atoms with Crippen LogP contribution in [0.25, 0.3) is 0 Å². The number of methoxy groups -OCH3 is 1. The van der Waals surface area contributed by atoms with E-state index < -0.39 is 18.6 Å². The lowest BCUT2D eigenvalue weighted by Crippen LogP contribution is -2.24. The molecule has 84 valence electrons. The Kier molecular flexibility index (Phi) is 4.01. The minimum absolute atomic E-state index is 0.394. The maximum Gasteiger partial charge on any atom is 0.285 e. The molecule has 8 heteroatoms. The van der Waals surface area contributed by atoms with Gasteiger partial charge in [-0.1, -0.05) is 6.07 Å². The van der Waals surface area contributed by atoms with Crippen LogP contribution in [0.3, 0.4) is 0 Å². The van der Waals surface area contributed by atoms with Crippen molar-refractivity contribution in [2.45, 2.75) is 4.90 Å². The van der Waals surface area contributed by atoms with Gasteiger partial charge in [0.05, 0.1) is 12.0 Å². The number of hydrogen-bond acceptors (Lipinski definition) is 3. The zero-order valence-corrected chi connectivity index (χ0v) is 9.76. The van der Waals surface area contributed by atoms with Crippen LogP contribution in [0.1, 0.15) is 0 Å². The van der Waals surface area contributed by atoms with Crippen LogP contribution in [0.15, 0.2) is 29.2 Å². The van der Waals surface area contributed by atoms with E-state index in [0.29, 0.717) is 10.6 Å². The van der Waals surface area contributed by atoms with Crippen LogP contribution >= 0.6 is 7.59 Å². The quantitative estimate of drug-likeness (QED) is 0.666. The highest BCUT2D eigenvalue weighted by Gasteiger charge is 2.14. The number of benzene rings is 1. The Morgan fingerprint density at radius 2 is 2.13 bits per heavy atom. The molecule has 15 heavy (non-hydrogen) atoms. The van der Waals surface area contributed by atoms with Gasteiger partial charge in [0.2, 0.25) is 0 Å². The van der Waals surface area contributed by atoms with Crippen molar-refractivity contribution in [2.75, 3.05) is 7.11 Å². The van der Waals surface area contributed by atoms with Gasteiger partial charge in [-0.15, -0.1) is 0 Å². The molecule has 5 N–H and O–H groups in total. The maximum absolute atomic E-state index is 11.5. The summed E-state index contributed by atoms with van der Waals surface area (Å²) in [5, 5.41) is 0. The van der Waals surface area contributed by atoms with Gasteiger partial charge in [-0.05, 0) is 18.2 Å². The third kappa shape index (κ3) is 4.11. The Morgan fingerprint density at radius 3 is 2.67 bits per heavy atom. The fourth-order valence-electron chi connectivity index (χ4n) is 0.899. The molecule has 0 bridgehead atoms. The smallest absolute Gasteiger partial charge is 0.285 e. The second-order valence-electron chi connectivity index (χ2n) is 2.75. The molecular formula is C7H12N3O3PS. The Morgan fingerprint density at radius 1 is 1.47 bits per heavy atom. The highest BCUT2D eigenvalue weighted by atomic mass is 32.2. The van der Waals surface area contributed by atoms with Gasteiger partial charge in [0.1, 0.15) is 16.7 Å². The predicted octanol–water partition coefficient (Wildman–Crippen LogP) is 0.333. The van der Waals surface area contributed by atoms with Crippen LogP contribution in [-0.2, 0) is 15.6 Å². The molecule has 0 fully saturated rings. The molecule has 0 aliphatic rings. The Balaban J connectivity index is 2.87. The summed E-state index contributed by atoms with van der Waals surface area (Å²) < 4.78 is 29.6. The van der Waals surface area contributed by atoms with Crippen molar-refractivity contribution >= 4 is 18.6 Å². The molecule has 1 atom stereocenters. The van der Waals surface area contributed by atoms with Gasteiger partial charge in [0, 0.05) is 0 Å². The van der Waals surface area contributed by atoms with E-state index in [0.717, 1.165) is 0 Å². The van der Waals surface area contributed by atoms with Crippen molar-refractivity contribution in [3.63, 3.8) is 0 Å². The predicted molar refractivity (Wildman–Crippen MR) is 58.5 cm³/mol. The second-order valence-corrected chi connectivity index (χ2v) is 5.91. The number of nitrogens with two attached hydrogens (primary N) is 2. The van der Waals surface area contributed by atoms with Crippen molar-refractivity contribution in [1.82, 2.24) is 4.49 Å². The first-order valence-electron chi connectivity index (χ1n) is 3.93. The molecule has 0 aliphatic carbocycles. The van der Waals surface area contributed by atoms with Crippen molar-refractivity contribution < 1.29 is 13.5 Å². The molecule has 6 nitrogen and oxygen atoms in total. The minimum Gasteiger partial charge on any atom is -0.497 e. The van der Waals surface area contributed by atoms with E-state index in [-0.39, 0.29) is 0 Å². The number of rotatable bonds is 4. The molecule has 1 rings (SSSR count). The molecular weight excluding hydrogens is 237 g/mol. The molecule has 0 spiro atoms. The summed E-state index contributed by atoms with van der Waals surface area (Å²) in [6.45, 7) is 0. The Hall–Kier alpha value is -0.720. The normalized spacial score (nSPS) is 13.5. The molecule has 0 aliphatic heterocycles. The summed E-state index contributed by atoms with van der Waals surface area (Å²) in [5.74, 6) is 0.548. The molecule has 1 aromatic carbocycles. The summed E-state index contributed by atoms with van der Waals surface area (Å²) >= 11 is 0. The summed E-state index contributed by atoms with van der Waals surface area (Å²) in [7, 11) is -3.72. The molecule has 0 saturated carbocycles. The van der Waals surface area contributed by atoms with E-state index in [4.69, 9.17) is 15.7 Å². The van der Waals surface area contributed by atoms with Gasteiger partial charge >= 0.3 is 0 Å². The van der Waals surface area contributed by atoms with E-state index in [9.17, 15) is 8.77 Å². The van der Waals surface area contributed by atoms with Gasteiger partial charge in [-0.25, -0.2) is 4.21 Å². The van der Waals surface area contributed by atoms with Crippen molar-refractivity contribution in [1.29, 1.82) is 0 Å². The fourth-order valence-corrected chi connectivity index (χ4v) is 2.78. The summed E-state index contributed by atoms with van der Waals surface area (Å²) in [6.07, 6.45) is 0. The van der Waals surface area contributed by atoms with Gasteiger partial charge in [-0.3, -0.25) is 15.6 Å². The number of nitrogens with one attached hydrogen (secondary N) is 1. The highest BCUT2D eigenvalue weighted by molar-refractivity contribution is 7.90. The number of hydrogen-bond donors (Lipinski definition) is 3. The van der Waals surface area contributed by atoms with Crippen molar-refractivity contribution in [3.8, 4) is 5.75 Å². The third-order valence-corrected chi connectivity index (χ3v) is 3.97. The SMILES string of the molecule is COc1cccc(S(=O)NP(N)(N)=O)c1. The lowest BCUT2D eigenvalue weighted by Gasteiger charge is -2.08. The molecule has 1 unspecified atom stereocenters. The first kappa shape index (κ1) is 12.4. The average molecular weight is 249 g/mol. The Labute approximate surface area is 90.1 Å². The first-order valence-corrected chi connectivity index (χ1v) is 6.93. The highest BCUT2D eigenvalue weighted by Crippen LogP contribution is 2.22. The monoisotopic (exact) mass is 249 g/mol. The molecule has 0 amide bonds. The Bertz CT molecular complexity index is 420.